The van der Waals surface area contributed by atoms with Gasteiger partial charge in [-0.15, -0.1) is 0 Å². The Morgan fingerprint density at radius 3 is 1.32 bits per heavy atom. The zero-order chi connectivity index (χ0) is 13.7. The van der Waals surface area contributed by atoms with Crippen molar-refractivity contribution in [2.24, 2.45) is 0 Å². The Kier molecular flexibility index (Phi) is 7.75. The molecule has 2 aliphatic rings. The van der Waals surface area contributed by atoms with E-state index in [9.17, 15) is 29.4 Å². The number of carboxylic acid groups (broad SMARTS) is 2. The van der Waals surface area contributed by atoms with Gasteiger partial charge in [0.25, 0.3) is 0 Å². The van der Waals surface area contributed by atoms with Crippen LogP contribution in [0, 0.1) is 0 Å². The van der Waals surface area contributed by atoms with Gasteiger partial charge in [-0.05, 0) is 0 Å². The van der Waals surface area contributed by atoms with Gasteiger partial charge in [-0.3, -0.25) is 10.6 Å². The van der Waals surface area contributed by atoms with Crippen molar-refractivity contribution in [2.75, 3.05) is 0 Å². The summed E-state index contributed by atoms with van der Waals surface area (Å²) in [6.07, 6.45) is 1.56. The van der Waals surface area contributed by atoms with Crippen LogP contribution in [0.25, 0.3) is 0 Å². The second-order valence-electron chi connectivity index (χ2n) is 4.19. The van der Waals surface area contributed by atoms with Crippen LogP contribution in [0.15, 0.2) is 0 Å². The first kappa shape index (κ1) is 18.0. The number of amides is 2. The van der Waals surface area contributed by atoms with E-state index in [2.05, 4.69) is 0 Å². The third-order valence-corrected chi connectivity index (χ3v) is 2.78. The van der Waals surface area contributed by atoms with E-state index in [1.807, 2.05) is 0 Å². The number of quaternary nitrogens is 2. The van der Waals surface area contributed by atoms with Gasteiger partial charge in [-0.2, -0.15) is 0 Å². The maximum Gasteiger partial charge on any atom is 2.00 e. The summed E-state index contributed by atoms with van der Waals surface area (Å²) >= 11 is 0. The molecule has 0 spiro atoms. The minimum Gasteiger partial charge on any atom is -0.544 e. The van der Waals surface area contributed by atoms with Crippen molar-refractivity contribution < 1.29 is 40.0 Å². The first-order valence-electron chi connectivity index (χ1n) is 5.57. The monoisotopic (exact) mass is 282 g/mol. The van der Waals surface area contributed by atoms with Gasteiger partial charge in [0.15, 0.2) is 0 Å². The second-order valence-corrected chi connectivity index (χ2v) is 4.19. The molecule has 0 aromatic carbocycles. The van der Waals surface area contributed by atoms with E-state index in [1.165, 1.54) is 10.6 Å². The normalized spacial score (nSPS) is 25.3. The summed E-state index contributed by atoms with van der Waals surface area (Å²) in [5, 5.41) is 22.5. The summed E-state index contributed by atoms with van der Waals surface area (Å²) in [7, 11) is 0. The summed E-state index contributed by atoms with van der Waals surface area (Å²) < 4.78 is 0. The van der Waals surface area contributed by atoms with Crippen LogP contribution in [0.5, 0.6) is 0 Å². The average Bonchev–Trinajstić information content (AvgIpc) is 2.88. The fraction of sp³-hybridized carbons (Fsp3) is 0.600. The number of primary amides is 2. The molecule has 4 N–H and O–H groups in total. The minimum absolute atomic E-state index is 0. The topological polar surface area (TPSA) is 148 Å². The molecule has 19 heavy (non-hydrogen) atoms. The predicted molar refractivity (Wildman–Crippen MR) is 55.7 cm³/mol. The van der Waals surface area contributed by atoms with E-state index in [1.54, 1.807) is 0 Å². The number of carbonyl (C=O) groups excluding carboxylic acids is 4. The molecule has 0 aromatic heterocycles. The van der Waals surface area contributed by atoms with Crippen LogP contribution in [-0.2, 0) is 19.2 Å². The van der Waals surface area contributed by atoms with Crippen LogP contribution in [-0.4, -0.2) is 58.9 Å². The number of carboxylic acids is 2. The smallest absolute Gasteiger partial charge is 0.544 e. The van der Waals surface area contributed by atoms with E-state index in [0.29, 0.717) is 25.7 Å². The molecule has 0 bridgehead atoms. The summed E-state index contributed by atoms with van der Waals surface area (Å²) in [6, 6.07) is -1.25. The number of aliphatic carboxylic acids is 2. The molecule has 2 fully saturated rings. The summed E-state index contributed by atoms with van der Waals surface area (Å²) in [4.78, 5) is 40.9. The van der Waals surface area contributed by atoms with Gasteiger partial charge >= 0.3 is 34.9 Å². The molecular weight excluding hydrogens is 268 g/mol. The van der Waals surface area contributed by atoms with Crippen molar-refractivity contribution in [1.82, 2.24) is 0 Å². The largest absolute Gasteiger partial charge is 2.00 e. The predicted octanol–water partition coefficient (Wildman–Crippen LogP) is -6.40. The van der Waals surface area contributed by atoms with Gasteiger partial charge in [0, 0.05) is 12.8 Å². The van der Waals surface area contributed by atoms with Crippen LogP contribution in [0.1, 0.15) is 25.7 Å². The number of hydrogen-bond acceptors (Lipinski definition) is 6. The maximum atomic E-state index is 10.4. The Labute approximate surface area is 125 Å². The van der Waals surface area contributed by atoms with Gasteiger partial charge in [0.1, 0.15) is 12.1 Å². The van der Waals surface area contributed by atoms with Crippen LogP contribution >= 0.6 is 0 Å². The van der Waals surface area contributed by atoms with Crippen molar-refractivity contribution in [3.63, 3.8) is 0 Å². The number of nitrogens with two attached hydrogens (primary N) is 2. The van der Waals surface area contributed by atoms with Gasteiger partial charge in [-0.1, -0.05) is 0 Å². The van der Waals surface area contributed by atoms with Crippen molar-refractivity contribution in [3.8, 4) is 0 Å². The molecule has 8 nitrogen and oxygen atoms in total. The molecule has 2 heterocycles. The molecule has 0 aromatic rings. The van der Waals surface area contributed by atoms with E-state index in [-0.39, 0.29) is 34.9 Å². The van der Waals surface area contributed by atoms with Crippen molar-refractivity contribution >= 4 is 46.8 Å². The van der Waals surface area contributed by atoms with Crippen molar-refractivity contribution in [3.05, 3.63) is 0 Å². The van der Waals surface area contributed by atoms with Crippen LogP contribution in [0.3, 0.4) is 0 Å². The molecule has 9 heteroatoms. The number of rotatable bonds is 2. The van der Waals surface area contributed by atoms with Crippen LogP contribution in [0.2, 0.25) is 0 Å². The Balaban J connectivity index is 0.000000324. The molecule has 2 amide bonds. The van der Waals surface area contributed by atoms with E-state index in [4.69, 9.17) is 0 Å². The molecule has 2 rings (SSSR count). The van der Waals surface area contributed by atoms with Crippen LogP contribution < -0.4 is 20.8 Å². The van der Waals surface area contributed by atoms with Gasteiger partial charge in [0.2, 0.25) is 0 Å². The maximum absolute atomic E-state index is 10.4. The Hall–Kier alpha value is -1.03. The molecular formula is C10H14MgN2O6+2. The van der Waals surface area contributed by atoms with E-state index < -0.39 is 24.0 Å². The average molecular weight is 283 g/mol. The third-order valence-electron chi connectivity index (χ3n) is 2.78. The van der Waals surface area contributed by atoms with Crippen molar-refractivity contribution in [1.29, 1.82) is 0 Å². The van der Waals surface area contributed by atoms with Gasteiger partial charge < -0.3 is 19.8 Å². The molecule has 0 unspecified atom stereocenters. The van der Waals surface area contributed by atoms with E-state index in [0.717, 1.165) is 0 Å². The summed E-state index contributed by atoms with van der Waals surface area (Å²) in [5.41, 5.74) is 0. The molecule has 2 atom stereocenters. The molecule has 0 saturated carbocycles. The first-order valence-corrected chi connectivity index (χ1v) is 5.57. The standard InChI is InChI=1S/2C5H7NO3.Mg/c2*7-4-2-1-3(6-4)5(8)9;/h2*3H,1-2H2,(H,6,7)(H,8,9);/q;;+2/t2*3-;/m00./s1. The quantitative estimate of drug-likeness (QED) is 0.481. The molecule has 0 aliphatic carbocycles. The van der Waals surface area contributed by atoms with Gasteiger partial charge in [-0.25, -0.2) is 9.59 Å². The minimum atomic E-state index is -1.14. The fourth-order valence-electron chi connectivity index (χ4n) is 1.75. The van der Waals surface area contributed by atoms with Gasteiger partial charge in [0.05, 0.1) is 24.8 Å². The van der Waals surface area contributed by atoms with E-state index >= 15 is 0 Å². The number of carbonyl (C=O) groups is 4. The zero-order valence-corrected chi connectivity index (χ0v) is 11.7. The zero-order valence-electron chi connectivity index (χ0n) is 10.3. The second kappa shape index (κ2) is 8.20. The molecule has 100 valence electrons. The molecule has 2 aliphatic heterocycles. The molecule has 0 radical (unpaired) electrons. The first-order chi connectivity index (χ1) is 8.40. The Morgan fingerprint density at radius 2 is 1.21 bits per heavy atom. The summed E-state index contributed by atoms with van der Waals surface area (Å²) in [6.45, 7) is 0. The molecule has 2 saturated heterocycles. The SMILES string of the molecule is O=C1CC[C@@H](C(=O)[O-])[NH2+]1.O=C1CC[C@@H](C(=O)[O-])[NH2+]1.[Mg+2]. The fourth-order valence-corrected chi connectivity index (χ4v) is 1.75. The van der Waals surface area contributed by atoms with Crippen LogP contribution in [0.4, 0.5) is 0 Å². The number of hydrogen-bond donors (Lipinski definition) is 2. The Morgan fingerprint density at radius 1 is 0.895 bits per heavy atom. The third kappa shape index (κ3) is 6.10. The Bertz CT molecular complexity index is 350. The summed E-state index contributed by atoms with van der Waals surface area (Å²) in [5.74, 6) is -2.44. The van der Waals surface area contributed by atoms with Crippen molar-refractivity contribution in [2.45, 2.75) is 37.8 Å².